The Morgan fingerprint density at radius 3 is 2.67 bits per heavy atom. The highest BCUT2D eigenvalue weighted by Crippen LogP contribution is 2.30. The number of rotatable bonds is 6. The zero-order valence-corrected chi connectivity index (χ0v) is 22.5. The Hall–Kier alpha value is -4.30. The van der Waals surface area contributed by atoms with Crippen LogP contribution >= 0.6 is 0 Å². The molecule has 6 rings (SSSR count). The number of aryl methyl sites for hydroxylation is 2. The Morgan fingerprint density at radius 2 is 1.85 bits per heavy atom. The van der Waals surface area contributed by atoms with E-state index in [1.807, 2.05) is 49.5 Å². The molecule has 0 aliphatic carbocycles. The largest absolute Gasteiger partial charge is 0.357 e. The molecule has 1 aliphatic rings. The van der Waals surface area contributed by atoms with Gasteiger partial charge in [-0.2, -0.15) is 0 Å². The van der Waals surface area contributed by atoms with Gasteiger partial charge in [0.1, 0.15) is 5.52 Å². The molecule has 198 valence electrons. The number of hydrogen-bond acceptors (Lipinski definition) is 5. The van der Waals surface area contributed by atoms with Crippen LogP contribution in [0, 0.1) is 0 Å². The molecule has 4 aromatic heterocycles. The van der Waals surface area contributed by atoms with E-state index in [-0.39, 0.29) is 17.5 Å². The molecule has 8 heteroatoms. The summed E-state index contributed by atoms with van der Waals surface area (Å²) < 4.78 is 1.62. The van der Waals surface area contributed by atoms with Crippen molar-refractivity contribution in [3.8, 4) is 22.4 Å². The molecule has 1 amide bonds. The summed E-state index contributed by atoms with van der Waals surface area (Å²) in [5, 5.41) is 1.95. The fourth-order valence-electron chi connectivity index (χ4n) is 5.50. The highest BCUT2D eigenvalue weighted by molar-refractivity contribution is 5.97. The van der Waals surface area contributed by atoms with Crippen molar-refractivity contribution in [1.29, 1.82) is 0 Å². The van der Waals surface area contributed by atoms with Gasteiger partial charge in [-0.05, 0) is 68.3 Å². The molecular formula is C31H32N6O2. The monoisotopic (exact) mass is 520 g/mol. The molecule has 1 fully saturated rings. The van der Waals surface area contributed by atoms with Gasteiger partial charge in [-0.1, -0.05) is 12.1 Å². The number of carbonyl (C=O) groups is 1. The minimum atomic E-state index is -0.0508. The Morgan fingerprint density at radius 1 is 1.00 bits per heavy atom. The number of H-pyrrole nitrogens is 1. The standard InChI is InChI=1S/C31H32N6O2/c1-20-30(38)35(2)15-16-37(20)14-4-5-24-9-6-23(18-33-24)28-11-8-22-17-21(7-10-27(22)34-28)26-19-36(3)31(39)29-25(26)12-13-32-29/h6-13,17-20,32H,4-5,14-16H2,1-3H3. The third-order valence-electron chi connectivity index (χ3n) is 7.90. The van der Waals surface area contributed by atoms with Gasteiger partial charge in [0, 0.05) is 73.4 Å². The average Bonchev–Trinajstić information content (AvgIpc) is 3.45. The van der Waals surface area contributed by atoms with Crippen LogP contribution in [0.1, 0.15) is 19.0 Å². The molecule has 0 radical (unpaired) electrons. The minimum Gasteiger partial charge on any atom is -0.357 e. The van der Waals surface area contributed by atoms with Gasteiger partial charge in [0.2, 0.25) is 5.91 Å². The van der Waals surface area contributed by atoms with Crippen molar-refractivity contribution in [3.05, 3.63) is 83.2 Å². The third kappa shape index (κ3) is 4.72. The van der Waals surface area contributed by atoms with Crippen LogP contribution < -0.4 is 5.56 Å². The van der Waals surface area contributed by atoms with E-state index in [2.05, 4.69) is 40.2 Å². The van der Waals surface area contributed by atoms with E-state index in [0.717, 1.165) is 76.8 Å². The van der Waals surface area contributed by atoms with Gasteiger partial charge in [0.05, 0.1) is 17.3 Å². The first kappa shape index (κ1) is 25.0. The summed E-state index contributed by atoms with van der Waals surface area (Å²) in [6.45, 7) is 4.61. The van der Waals surface area contributed by atoms with E-state index in [4.69, 9.17) is 9.97 Å². The van der Waals surface area contributed by atoms with E-state index < -0.39 is 0 Å². The topological polar surface area (TPSA) is 87.1 Å². The fourth-order valence-corrected chi connectivity index (χ4v) is 5.50. The van der Waals surface area contributed by atoms with Crippen LogP contribution in [-0.4, -0.2) is 67.9 Å². The second kappa shape index (κ2) is 10.1. The minimum absolute atomic E-state index is 0.0356. The number of aromatic amines is 1. The number of benzene rings is 1. The van der Waals surface area contributed by atoms with Gasteiger partial charge < -0.3 is 14.5 Å². The molecule has 1 saturated heterocycles. The van der Waals surface area contributed by atoms with Crippen molar-refractivity contribution in [1.82, 2.24) is 29.3 Å². The number of pyridine rings is 3. The number of hydrogen-bond donors (Lipinski definition) is 1. The lowest BCUT2D eigenvalue weighted by molar-refractivity contribution is -0.139. The number of fused-ring (bicyclic) bond motifs is 2. The molecule has 1 aromatic carbocycles. The van der Waals surface area contributed by atoms with Crippen LogP contribution in [0.4, 0.5) is 0 Å². The highest BCUT2D eigenvalue weighted by Gasteiger charge is 2.28. The van der Waals surface area contributed by atoms with Crippen molar-refractivity contribution in [3.63, 3.8) is 0 Å². The van der Waals surface area contributed by atoms with Gasteiger partial charge >= 0.3 is 0 Å². The van der Waals surface area contributed by atoms with E-state index in [9.17, 15) is 9.59 Å². The van der Waals surface area contributed by atoms with Crippen molar-refractivity contribution >= 4 is 27.7 Å². The smallest absolute Gasteiger partial charge is 0.274 e. The predicted octanol–water partition coefficient (Wildman–Crippen LogP) is 4.24. The molecule has 1 aliphatic heterocycles. The van der Waals surface area contributed by atoms with Gasteiger partial charge in [-0.25, -0.2) is 4.98 Å². The quantitative estimate of drug-likeness (QED) is 0.362. The molecule has 0 bridgehead atoms. The van der Waals surface area contributed by atoms with E-state index >= 15 is 0 Å². The van der Waals surface area contributed by atoms with Crippen molar-refractivity contribution in [2.24, 2.45) is 7.05 Å². The molecule has 8 nitrogen and oxygen atoms in total. The number of nitrogens with zero attached hydrogens (tertiary/aromatic N) is 5. The van der Waals surface area contributed by atoms with E-state index in [1.54, 1.807) is 17.8 Å². The molecule has 0 spiro atoms. The predicted molar refractivity (Wildman–Crippen MR) is 155 cm³/mol. The van der Waals surface area contributed by atoms with Gasteiger partial charge in [0.25, 0.3) is 5.56 Å². The van der Waals surface area contributed by atoms with Crippen LogP contribution in [0.2, 0.25) is 0 Å². The number of carbonyl (C=O) groups excluding carboxylic acids is 1. The zero-order chi connectivity index (χ0) is 27.1. The van der Waals surface area contributed by atoms with Crippen LogP contribution in [0.3, 0.4) is 0 Å². The average molecular weight is 521 g/mol. The Bertz CT molecular complexity index is 1740. The molecule has 1 atom stereocenters. The first-order valence-corrected chi connectivity index (χ1v) is 13.4. The molecule has 5 aromatic rings. The molecule has 0 saturated carbocycles. The SMILES string of the molecule is CC1C(=O)N(C)CCN1CCCc1ccc(-c2ccc3cc(-c4cn(C)c(=O)c5[nH]ccc45)ccc3n2)cn1. The van der Waals surface area contributed by atoms with E-state index in [0.29, 0.717) is 5.52 Å². The molecule has 1 N–H and O–H groups in total. The lowest BCUT2D eigenvalue weighted by Crippen LogP contribution is -2.54. The summed E-state index contributed by atoms with van der Waals surface area (Å²) in [5.74, 6) is 0.202. The maximum atomic E-state index is 12.4. The fraction of sp³-hybridized carbons (Fsp3) is 0.290. The summed E-state index contributed by atoms with van der Waals surface area (Å²) in [6.07, 6.45) is 7.43. The zero-order valence-electron chi connectivity index (χ0n) is 22.5. The summed E-state index contributed by atoms with van der Waals surface area (Å²) in [5.41, 5.74) is 6.45. The lowest BCUT2D eigenvalue weighted by Gasteiger charge is -2.37. The first-order valence-electron chi connectivity index (χ1n) is 13.4. The molecule has 5 heterocycles. The van der Waals surface area contributed by atoms with Crippen LogP contribution in [0.5, 0.6) is 0 Å². The second-order valence-corrected chi connectivity index (χ2v) is 10.4. The number of aromatic nitrogens is 4. The number of amides is 1. The normalized spacial score (nSPS) is 16.4. The second-order valence-electron chi connectivity index (χ2n) is 10.4. The maximum absolute atomic E-state index is 12.4. The number of nitrogens with one attached hydrogen (secondary N) is 1. The third-order valence-corrected chi connectivity index (χ3v) is 7.90. The van der Waals surface area contributed by atoms with E-state index in [1.165, 1.54) is 0 Å². The highest BCUT2D eigenvalue weighted by atomic mass is 16.2. The van der Waals surface area contributed by atoms with Crippen LogP contribution in [-0.2, 0) is 18.3 Å². The van der Waals surface area contributed by atoms with Crippen LogP contribution in [0.25, 0.3) is 44.2 Å². The Kier molecular flexibility index (Phi) is 6.48. The summed E-state index contributed by atoms with van der Waals surface area (Å²) in [4.78, 5) is 41.4. The summed E-state index contributed by atoms with van der Waals surface area (Å²) in [7, 11) is 3.65. The van der Waals surface area contributed by atoms with Crippen molar-refractivity contribution in [2.45, 2.75) is 25.8 Å². The Labute approximate surface area is 226 Å². The molecule has 1 unspecified atom stereocenters. The summed E-state index contributed by atoms with van der Waals surface area (Å²) in [6, 6.07) is 16.4. The summed E-state index contributed by atoms with van der Waals surface area (Å²) >= 11 is 0. The number of likely N-dealkylation sites (N-methyl/N-ethyl adjacent to an activating group) is 1. The van der Waals surface area contributed by atoms with Crippen LogP contribution in [0.15, 0.2) is 71.9 Å². The number of piperazine rings is 1. The maximum Gasteiger partial charge on any atom is 0.274 e. The molecule has 39 heavy (non-hydrogen) atoms. The van der Waals surface area contributed by atoms with Crippen molar-refractivity contribution in [2.75, 3.05) is 26.7 Å². The lowest BCUT2D eigenvalue weighted by atomic mass is 10.0. The Balaban J connectivity index is 1.16. The van der Waals surface area contributed by atoms with Gasteiger partial charge in [0.15, 0.2) is 0 Å². The first-order chi connectivity index (χ1) is 18.9. The van der Waals surface area contributed by atoms with Gasteiger partial charge in [-0.3, -0.25) is 19.5 Å². The van der Waals surface area contributed by atoms with Crippen molar-refractivity contribution < 1.29 is 4.79 Å². The van der Waals surface area contributed by atoms with Gasteiger partial charge in [-0.15, -0.1) is 0 Å². The molecular weight excluding hydrogens is 488 g/mol.